The molecule has 1 heterocycles. The van der Waals surface area contributed by atoms with Gasteiger partial charge in [-0.3, -0.25) is 4.90 Å². The molecule has 3 rings (SSSR count). The highest BCUT2D eigenvalue weighted by molar-refractivity contribution is 5.83. The average molecular weight is 315 g/mol. The van der Waals surface area contributed by atoms with Gasteiger partial charge in [0.25, 0.3) is 0 Å². The second-order valence-corrected chi connectivity index (χ2v) is 6.45. The van der Waals surface area contributed by atoms with E-state index in [1.807, 2.05) is 30.3 Å². The van der Waals surface area contributed by atoms with E-state index in [1.54, 1.807) is 0 Å². The zero-order valence-corrected chi connectivity index (χ0v) is 13.8. The minimum Gasteiger partial charge on any atom is -0.491 e. The number of aliphatic hydroxyl groups is 1. The van der Waals surface area contributed by atoms with Crippen LogP contribution in [0.25, 0.3) is 10.8 Å². The normalized spacial score (nSPS) is 23.8. The number of benzene rings is 2. The van der Waals surface area contributed by atoms with Gasteiger partial charge in [-0.15, -0.1) is 0 Å². The van der Waals surface area contributed by atoms with Crippen molar-refractivity contribution in [2.75, 3.05) is 26.2 Å². The number of nitrogens with zero attached hydrogens (tertiary/aromatic N) is 1. The van der Waals surface area contributed by atoms with Crippen LogP contribution in [0, 0.1) is 0 Å². The lowest BCUT2D eigenvalue weighted by Gasteiger charge is -2.36. The third-order valence-electron chi connectivity index (χ3n) is 4.13. The predicted octanol–water partition coefficient (Wildman–Crippen LogP) is 2.69. The van der Waals surface area contributed by atoms with Crippen molar-refractivity contribution < 1.29 is 14.6 Å². The number of fused-ring (bicyclic) bond motifs is 1. The zero-order valence-electron chi connectivity index (χ0n) is 13.8. The van der Waals surface area contributed by atoms with Crippen LogP contribution < -0.4 is 4.74 Å². The molecular formula is C19H25NO3. The summed E-state index contributed by atoms with van der Waals surface area (Å²) < 4.78 is 11.5. The molecule has 3 atom stereocenters. The van der Waals surface area contributed by atoms with Crippen LogP contribution in [-0.4, -0.2) is 54.6 Å². The standard InChI is InChI=1S/C19H25NO3/c1-14-10-20(11-15(2)23-14)12-18(21)13-22-19-8-7-16-5-3-4-6-17(16)9-19/h3-9,14-15,18,21H,10-13H2,1-2H3/t14-,15-,18+/m1/s1. The van der Waals surface area contributed by atoms with Crippen molar-refractivity contribution in [2.45, 2.75) is 32.2 Å². The van der Waals surface area contributed by atoms with Crippen LogP contribution in [0.3, 0.4) is 0 Å². The summed E-state index contributed by atoms with van der Waals surface area (Å²) in [7, 11) is 0. The van der Waals surface area contributed by atoms with Crippen molar-refractivity contribution in [3.8, 4) is 5.75 Å². The Morgan fingerprint density at radius 2 is 1.83 bits per heavy atom. The second-order valence-electron chi connectivity index (χ2n) is 6.45. The Balaban J connectivity index is 1.52. The topological polar surface area (TPSA) is 41.9 Å². The molecular weight excluding hydrogens is 290 g/mol. The number of hydrogen-bond donors (Lipinski definition) is 1. The molecule has 0 radical (unpaired) electrons. The van der Waals surface area contributed by atoms with Gasteiger partial charge in [0.1, 0.15) is 18.5 Å². The maximum atomic E-state index is 10.2. The van der Waals surface area contributed by atoms with Gasteiger partial charge in [0.2, 0.25) is 0 Å². The van der Waals surface area contributed by atoms with Crippen LogP contribution in [0.1, 0.15) is 13.8 Å². The first-order valence-corrected chi connectivity index (χ1v) is 8.27. The fraction of sp³-hybridized carbons (Fsp3) is 0.474. The molecule has 2 aromatic carbocycles. The van der Waals surface area contributed by atoms with Crippen LogP contribution in [0.4, 0.5) is 0 Å². The van der Waals surface area contributed by atoms with Gasteiger partial charge in [-0.2, -0.15) is 0 Å². The molecule has 4 nitrogen and oxygen atoms in total. The molecule has 1 aliphatic rings. The Labute approximate surface area is 137 Å². The summed E-state index contributed by atoms with van der Waals surface area (Å²) in [6.45, 7) is 6.78. The van der Waals surface area contributed by atoms with E-state index in [2.05, 4.69) is 30.9 Å². The van der Waals surface area contributed by atoms with Crippen LogP contribution in [0.2, 0.25) is 0 Å². The number of aliphatic hydroxyl groups excluding tert-OH is 1. The Morgan fingerprint density at radius 3 is 2.57 bits per heavy atom. The monoisotopic (exact) mass is 315 g/mol. The summed E-state index contributed by atoms with van der Waals surface area (Å²) in [5, 5.41) is 12.6. The molecule has 0 bridgehead atoms. The lowest BCUT2D eigenvalue weighted by Crippen LogP contribution is -2.48. The van der Waals surface area contributed by atoms with Gasteiger partial charge in [-0.25, -0.2) is 0 Å². The van der Waals surface area contributed by atoms with E-state index in [1.165, 1.54) is 5.39 Å². The van der Waals surface area contributed by atoms with E-state index in [0.29, 0.717) is 13.2 Å². The molecule has 1 saturated heterocycles. The van der Waals surface area contributed by atoms with Gasteiger partial charge in [0, 0.05) is 19.6 Å². The molecule has 1 N–H and O–H groups in total. The van der Waals surface area contributed by atoms with Crippen LogP contribution in [-0.2, 0) is 4.74 Å². The van der Waals surface area contributed by atoms with Gasteiger partial charge in [-0.1, -0.05) is 30.3 Å². The van der Waals surface area contributed by atoms with Crippen molar-refractivity contribution in [2.24, 2.45) is 0 Å². The molecule has 0 spiro atoms. The third-order valence-corrected chi connectivity index (χ3v) is 4.13. The van der Waals surface area contributed by atoms with Crippen molar-refractivity contribution >= 4 is 10.8 Å². The highest BCUT2D eigenvalue weighted by Crippen LogP contribution is 2.20. The third kappa shape index (κ3) is 4.44. The summed E-state index contributed by atoms with van der Waals surface area (Å²) in [6, 6.07) is 14.2. The Hall–Kier alpha value is -1.62. The predicted molar refractivity (Wildman–Crippen MR) is 91.9 cm³/mol. The largest absolute Gasteiger partial charge is 0.491 e. The van der Waals surface area contributed by atoms with Crippen LogP contribution in [0.15, 0.2) is 42.5 Å². The van der Waals surface area contributed by atoms with Crippen molar-refractivity contribution in [3.63, 3.8) is 0 Å². The van der Waals surface area contributed by atoms with Gasteiger partial charge in [-0.05, 0) is 36.8 Å². The van der Waals surface area contributed by atoms with E-state index in [9.17, 15) is 5.11 Å². The van der Waals surface area contributed by atoms with E-state index < -0.39 is 6.10 Å². The Kier molecular flexibility index (Phi) is 5.16. The SMILES string of the molecule is C[C@@H]1CN(C[C@H](O)COc2ccc3ccccc3c2)C[C@@H](C)O1. The average Bonchev–Trinajstić information content (AvgIpc) is 2.52. The fourth-order valence-electron chi connectivity index (χ4n) is 3.23. The lowest BCUT2D eigenvalue weighted by atomic mass is 10.1. The van der Waals surface area contributed by atoms with Crippen LogP contribution >= 0.6 is 0 Å². The first-order chi connectivity index (χ1) is 11.1. The minimum absolute atomic E-state index is 0.215. The van der Waals surface area contributed by atoms with E-state index in [-0.39, 0.29) is 12.2 Å². The molecule has 124 valence electrons. The molecule has 1 aliphatic heterocycles. The first-order valence-electron chi connectivity index (χ1n) is 8.27. The Morgan fingerprint density at radius 1 is 1.13 bits per heavy atom. The van der Waals surface area contributed by atoms with Crippen molar-refractivity contribution in [1.29, 1.82) is 0 Å². The summed E-state index contributed by atoms with van der Waals surface area (Å²) >= 11 is 0. The van der Waals surface area contributed by atoms with E-state index in [4.69, 9.17) is 9.47 Å². The fourth-order valence-corrected chi connectivity index (χ4v) is 3.23. The summed E-state index contributed by atoms with van der Waals surface area (Å²) in [5.41, 5.74) is 0. The molecule has 0 aromatic heterocycles. The zero-order chi connectivity index (χ0) is 16.2. The molecule has 0 unspecified atom stereocenters. The molecule has 2 aromatic rings. The highest BCUT2D eigenvalue weighted by Gasteiger charge is 2.23. The number of hydrogen-bond acceptors (Lipinski definition) is 4. The number of rotatable bonds is 5. The summed E-state index contributed by atoms with van der Waals surface area (Å²) in [4.78, 5) is 2.24. The highest BCUT2D eigenvalue weighted by atomic mass is 16.5. The molecule has 0 amide bonds. The maximum absolute atomic E-state index is 10.2. The first kappa shape index (κ1) is 16.2. The maximum Gasteiger partial charge on any atom is 0.120 e. The number of morpholine rings is 1. The van der Waals surface area contributed by atoms with E-state index in [0.717, 1.165) is 24.2 Å². The summed E-state index contributed by atoms with van der Waals surface area (Å²) in [5.74, 6) is 0.798. The van der Waals surface area contributed by atoms with Crippen molar-refractivity contribution in [1.82, 2.24) is 4.90 Å². The Bertz CT molecular complexity index is 635. The van der Waals surface area contributed by atoms with Crippen molar-refractivity contribution in [3.05, 3.63) is 42.5 Å². The quantitative estimate of drug-likeness (QED) is 0.921. The van der Waals surface area contributed by atoms with Gasteiger partial charge in [0.05, 0.1) is 12.2 Å². The molecule has 1 fully saturated rings. The van der Waals surface area contributed by atoms with Gasteiger partial charge in [0.15, 0.2) is 0 Å². The number of ether oxygens (including phenoxy) is 2. The van der Waals surface area contributed by atoms with Gasteiger partial charge < -0.3 is 14.6 Å². The molecule has 23 heavy (non-hydrogen) atoms. The van der Waals surface area contributed by atoms with Gasteiger partial charge >= 0.3 is 0 Å². The number of β-amino-alcohol motifs (C(OH)–C–C–N with tert-alkyl or cyclic N) is 1. The minimum atomic E-state index is -0.501. The molecule has 4 heteroatoms. The lowest BCUT2D eigenvalue weighted by molar-refractivity contribution is -0.0786. The second kappa shape index (κ2) is 7.30. The molecule has 0 aliphatic carbocycles. The summed E-state index contributed by atoms with van der Waals surface area (Å²) in [6.07, 6.45) is -0.0707. The van der Waals surface area contributed by atoms with Crippen LogP contribution in [0.5, 0.6) is 5.75 Å². The molecule has 0 saturated carbocycles. The van der Waals surface area contributed by atoms with E-state index >= 15 is 0 Å². The smallest absolute Gasteiger partial charge is 0.120 e.